The van der Waals surface area contributed by atoms with Crippen LogP contribution in [0.15, 0.2) is 17.2 Å². The molecule has 1 aromatic rings. The molecule has 0 aromatic carbocycles. The molecule has 0 saturated carbocycles. The van der Waals surface area contributed by atoms with E-state index in [9.17, 15) is 13.2 Å². The number of hydrogen-bond acceptors (Lipinski definition) is 3. The lowest BCUT2D eigenvalue weighted by Crippen LogP contribution is -2.29. The summed E-state index contributed by atoms with van der Waals surface area (Å²) in [5.41, 5.74) is 0.195. The predicted octanol–water partition coefficient (Wildman–Crippen LogP) is 2.11. The summed E-state index contributed by atoms with van der Waals surface area (Å²) < 4.78 is 22.1. The minimum atomic E-state index is -3.80. The van der Waals surface area contributed by atoms with Gasteiger partial charge in [0, 0.05) is 23.4 Å². The highest BCUT2D eigenvalue weighted by Crippen LogP contribution is 2.15. The highest BCUT2D eigenvalue weighted by Gasteiger charge is 2.16. The number of H-pyrrole nitrogens is 1. The van der Waals surface area contributed by atoms with Gasteiger partial charge in [-0.3, -0.25) is 4.79 Å². The molecular weight excluding hydrogens is 276 g/mol. The van der Waals surface area contributed by atoms with Crippen LogP contribution in [-0.4, -0.2) is 25.9 Å². The Morgan fingerprint density at radius 3 is 2.50 bits per heavy atom. The van der Waals surface area contributed by atoms with Crippen molar-refractivity contribution in [3.8, 4) is 0 Å². The summed E-state index contributed by atoms with van der Waals surface area (Å²) in [5, 5.41) is 2.76. The van der Waals surface area contributed by atoms with Crippen LogP contribution in [0.5, 0.6) is 0 Å². The fraction of sp³-hybridized carbons (Fsp3) is 0.545. The van der Waals surface area contributed by atoms with E-state index in [0.29, 0.717) is 12.5 Å². The maximum atomic E-state index is 11.7. The van der Waals surface area contributed by atoms with Gasteiger partial charge in [0.05, 0.1) is 0 Å². The number of amides is 1. The van der Waals surface area contributed by atoms with Crippen molar-refractivity contribution in [1.29, 1.82) is 0 Å². The van der Waals surface area contributed by atoms with Crippen LogP contribution in [0.25, 0.3) is 0 Å². The lowest BCUT2D eigenvalue weighted by atomic mass is 10.0. The molecule has 102 valence electrons. The van der Waals surface area contributed by atoms with Crippen molar-refractivity contribution >= 4 is 25.6 Å². The van der Waals surface area contributed by atoms with Crippen LogP contribution in [0.1, 0.15) is 37.2 Å². The largest absolute Gasteiger partial charge is 0.356 e. The van der Waals surface area contributed by atoms with Crippen molar-refractivity contribution in [2.45, 2.75) is 31.6 Å². The van der Waals surface area contributed by atoms with Gasteiger partial charge in [0.15, 0.2) is 0 Å². The van der Waals surface area contributed by atoms with Crippen molar-refractivity contribution in [1.82, 2.24) is 10.3 Å². The van der Waals surface area contributed by atoms with E-state index in [1.165, 1.54) is 12.3 Å². The van der Waals surface area contributed by atoms with Crippen molar-refractivity contribution in [3.63, 3.8) is 0 Å². The molecule has 7 heteroatoms. The third kappa shape index (κ3) is 4.03. The van der Waals surface area contributed by atoms with Gasteiger partial charge in [-0.2, -0.15) is 0 Å². The molecule has 0 bridgehead atoms. The summed E-state index contributed by atoms with van der Waals surface area (Å²) in [6.07, 6.45) is 3.18. The van der Waals surface area contributed by atoms with Gasteiger partial charge in [0.25, 0.3) is 15.0 Å². The second-order valence-electron chi connectivity index (χ2n) is 4.08. The topological polar surface area (TPSA) is 79.0 Å². The van der Waals surface area contributed by atoms with Gasteiger partial charge in [-0.15, -0.1) is 0 Å². The first-order chi connectivity index (χ1) is 8.38. The number of hydrogen-bond donors (Lipinski definition) is 2. The number of aromatic nitrogens is 1. The van der Waals surface area contributed by atoms with Gasteiger partial charge in [-0.1, -0.05) is 26.7 Å². The van der Waals surface area contributed by atoms with Crippen LogP contribution in [0.4, 0.5) is 0 Å². The van der Waals surface area contributed by atoms with Crippen LogP contribution in [0.2, 0.25) is 0 Å². The van der Waals surface area contributed by atoms with Gasteiger partial charge >= 0.3 is 0 Å². The molecule has 0 radical (unpaired) electrons. The van der Waals surface area contributed by atoms with Crippen molar-refractivity contribution < 1.29 is 13.2 Å². The number of carbonyl (C=O) groups excluding carboxylic acids is 1. The minimum Gasteiger partial charge on any atom is -0.356 e. The molecule has 1 aromatic heterocycles. The summed E-state index contributed by atoms with van der Waals surface area (Å²) >= 11 is 0. The minimum absolute atomic E-state index is 0.100. The number of halogens is 1. The lowest BCUT2D eigenvalue weighted by Gasteiger charge is -2.12. The van der Waals surface area contributed by atoms with Gasteiger partial charge in [-0.25, -0.2) is 8.42 Å². The van der Waals surface area contributed by atoms with Crippen LogP contribution in [0, 0.1) is 5.92 Å². The van der Waals surface area contributed by atoms with E-state index < -0.39 is 9.05 Å². The van der Waals surface area contributed by atoms with E-state index in [-0.39, 0.29) is 16.5 Å². The van der Waals surface area contributed by atoms with Crippen LogP contribution < -0.4 is 5.32 Å². The molecule has 0 aliphatic heterocycles. The molecule has 0 fully saturated rings. The highest BCUT2D eigenvalue weighted by atomic mass is 35.7. The van der Waals surface area contributed by atoms with E-state index in [2.05, 4.69) is 24.1 Å². The predicted molar refractivity (Wildman–Crippen MR) is 70.2 cm³/mol. The van der Waals surface area contributed by atoms with Gasteiger partial charge in [0.2, 0.25) is 0 Å². The molecule has 0 aliphatic carbocycles. The van der Waals surface area contributed by atoms with Crippen molar-refractivity contribution in [3.05, 3.63) is 18.0 Å². The van der Waals surface area contributed by atoms with Gasteiger partial charge in [-0.05, 0) is 12.0 Å². The van der Waals surface area contributed by atoms with Gasteiger partial charge < -0.3 is 10.3 Å². The molecule has 2 N–H and O–H groups in total. The van der Waals surface area contributed by atoms with Crippen LogP contribution in [-0.2, 0) is 9.05 Å². The Kier molecular flexibility index (Phi) is 5.22. The van der Waals surface area contributed by atoms with Crippen LogP contribution in [0.3, 0.4) is 0 Å². The van der Waals surface area contributed by atoms with Gasteiger partial charge in [0.1, 0.15) is 10.6 Å². The summed E-state index contributed by atoms with van der Waals surface area (Å²) in [5.74, 6) is 0.105. The molecule has 0 aliphatic rings. The fourth-order valence-corrected chi connectivity index (χ4v) is 2.28. The molecule has 1 amide bonds. The van der Waals surface area contributed by atoms with E-state index in [0.717, 1.165) is 12.8 Å². The number of rotatable bonds is 6. The zero-order valence-electron chi connectivity index (χ0n) is 10.4. The fourth-order valence-electron chi connectivity index (χ4n) is 1.56. The lowest BCUT2D eigenvalue weighted by molar-refractivity contribution is 0.0942. The normalized spacial score (nSPS) is 11.8. The molecule has 0 spiro atoms. The van der Waals surface area contributed by atoms with E-state index in [4.69, 9.17) is 10.7 Å². The molecule has 1 heterocycles. The first-order valence-electron chi connectivity index (χ1n) is 5.79. The first kappa shape index (κ1) is 15.0. The number of carbonyl (C=O) groups is 1. The number of nitrogens with one attached hydrogen (secondary N) is 2. The Labute approximate surface area is 111 Å². The summed E-state index contributed by atoms with van der Waals surface area (Å²) in [6, 6.07) is 1.23. The Morgan fingerprint density at radius 2 is 2.06 bits per heavy atom. The van der Waals surface area contributed by atoms with Crippen molar-refractivity contribution in [2.75, 3.05) is 6.54 Å². The van der Waals surface area contributed by atoms with Crippen LogP contribution >= 0.6 is 10.7 Å². The molecule has 0 saturated heterocycles. The Bertz CT molecular complexity index is 506. The van der Waals surface area contributed by atoms with E-state index in [1.54, 1.807) is 0 Å². The zero-order valence-corrected chi connectivity index (χ0v) is 11.9. The monoisotopic (exact) mass is 292 g/mol. The quantitative estimate of drug-likeness (QED) is 0.788. The Hall–Kier alpha value is -1.01. The molecule has 18 heavy (non-hydrogen) atoms. The second-order valence-corrected chi connectivity index (χ2v) is 6.65. The third-order valence-electron chi connectivity index (χ3n) is 2.89. The molecule has 5 nitrogen and oxygen atoms in total. The smallest absolute Gasteiger partial charge is 0.267 e. The average Bonchev–Trinajstić information content (AvgIpc) is 2.79. The Balaban J connectivity index is 2.65. The molecular formula is C11H17ClN2O3S. The second kappa shape index (κ2) is 6.24. The molecule has 1 rings (SSSR count). The molecule has 0 unspecified atom stereocenters. The average molecular weight is 293 g/mol. The van der Waals surface area contributed by atoms with E-state index in [1.807, 2.05) is 0 Å². The summed E-state index contributed by atoms with van der Waals surface area (Å²) in [6.45, 7) is 4.70. The Morgan fingerprint density at radius 1 is 1.44 bits per heavy atom. The molecule has 0 atom stereocenters. The number of aromatic amines is 1. The van der Waals surface area contributed by atoms with E-state index >= 15 is 0 Å². The zero-order chi connectivity index (χ0) is 13.8. The highest BCUT2D eigenvalue weighted by molar-refractivity contribution is 8.13. The van der Waals surface area contributed by atoms with Crippen molar-refractivity contribution in [2.24, 2.45) is 5.92 Å². The standard InChI is InChI=1S/C11H17ClN2O3S/c1-3-8(4-2)6-14-11(15)10-5-9(7-13-10)18(12,16)17/h5,7-8,13H,3-4,6H2,1-2H3,(H,14,15). The summed E-state index contributed by atoms with van der Waals surface area (Å²) in [4.78, 5) is 14.2. The third-order valence-corrected chi connectivity index (χ3v) is 4.22. The summed E-state index contributed by atoms with van der Waals surface area (Å²) in [7, 11) is 1.37. The maximum absolute atomic E-state index is 11.7. The first-order valence-corrected chi connectivity index (χ1v) is 8.10. The maximum Gasteiger partial charge on any atom is 0.267 e. The SMILES string of the molecule is CCC(CC)CNC(=O)c1cc(S(=O)(=O)Cl)c[nH]1.